The smallest absolute Gasteiger partial charge is 0.408 e. The molecule has 0 aliphatic rings. The van der Waals surface area contributed by atoms with Crippen LogP contribution in [0, 0.1) is 0 Å². The van der Waals surface area contributed by atoms with Crippen molar-refractivity contribution in [2.24, 2.45) is 0 Å². The number of carbonyl (C=O) groups is 5. The van der Waals surface area contributed by atoms with Gasteiger partial charge in [0.15, 0.2) is 0 Å². The first kappa shape index (κ1) is 25.4. The summed E-state index contributed by atoms with van der Waals surface area (Å²) in [5.41, 5.74) is 0.788. The highest BCUT2D eigenvalue weighted by Gasteiger charge is 2.25. The first-order valence-electron chi connectivity index (χ1n) is 9.62. The van der Waals surface area contributed by atoms with E-state index in [1.165, 1.54) is 27.7 Å². The molecule has 11 nitrogen and oxygen atoms in total. The molecule has 4 unspecified atom stereocenters. The lowest BCUT2D eigenvalue weighted by atomic mass is 10.2. The number of carboxylic acid groups (broad SMARTS) is 1. The van der Waals surface area contributed by atoms with E-state index in [0.29, 0.717) is 0 Å². The van der Waals surface area contributed by atoms with Crippen LogP contribution in [0.3, 0.4) is 0 Å². The fraction of sp³-hybridized carbons (Fsp3) is 0.450. The highest BCUT2D eigenvalue weighted by Crippen LogP contribution is 2.01. The standard InChI is InChI=1S/C20H28N4O7/c1-11(16(25)21-12(2)17(26)23-14(4)19(28)29)22-18(27)13(3)24-20(30)31-10-15-8-6-5-7-9-15/h5-9,11-14H,10H2,1-4H3,(H,21,25)(H,22,27)(H,23,26)(H,24,30)(H,28,29). The molecular weight excluding hydrogens is 408 g/mol. The van der Waals surface area contributed by atoms with Crippen molar-refractivity contribution in [3.8, 4) is 0 Å². The van der Waals surface area contributed by atoms with Gasteiger partial charge in [-0.2, -0.15) is 0 Å². The van der Waals surface area contributed by atoms with Gasteiger partial charge in [0, 0.05) is 0 Å². The van der Waals surface area contributed by atoms with Crippen LogP contribution in [0.1, 0.15) is 33.3 Å². The molecule has 5 N–H and O–H groups in total. The molecule has 1 aromatic rings. The topological polar surface area (TPSA) is 163 Å². The number of rotatable bonds is 10. The van der Waals surface area contributed by atoms with Crippen LogP contribution in [0.15, 0.2) is 30.3 Å². The van der Waals surface area contributed by atoms with Gasteiger partial charge in [0.1, 0.15) is 30.8 Å². The zero-order valence-corrected chi connectivity index (χ0v) is 17.8. The summed E-state index contributed by atoms with van der Waals surface area (Å²) in [6, 6.07) is 4.89. The molecule has 1 aromatic carbocycles. The number of carbonyl (C=O) groups excluding carboxylic acids is 4. The largest absolute Gasteiger partial charge is 0.480 e. The lowest BCUT2D eigenvalue weighted by Gasteiger charge is -2.21. The maximum absolute atomic E-state index is 12.2. The minimum atomic E-state index is -1.21. The quantitative estimate of drug-likeness (QED) is 0.342. The second-order valence-electron chi connectivity index (χ2n) is 6.96. The van der Waals surface area contributed by atoms with Gasteiger partial charge in [-0.3, -0.25) is 19.2 Å². The van der Waals surface area contributed by atoms with E-state index < -0.39 is 54.0 Å². The van der Waals surface area contributed by atoms with Gasteiger partial charge in [-0.1, -0.05) is 30.3 Å². The Morgan fingerprint density at radius 3 is 1.61 bits per heavy atom. The Morgan fingerprint density at radius 1 is 0.742 bits per heavy atom. The van der Waals surface area contributed by atoms with Crippen molar-refractivity contribution in [3.05, 3.63) is 35.9 Å². The Labute approximate surface area is 179 Å². The minimum Gasteiger partial charge on any atom is -0.480 e. The molecule has 4 atom stereocenters. The molecule has 0 aromatic heterocycles. The average Bonchev–Trinajstić information content (AvgIpc) is 2.72. The van der Waals surface area contributed by atoms with Gasteiger partial charge in [-0.15, -0.1) is 0 Å². The molecule has 0 saturated carbocycles. The zero-order chi connectivity index (χ0) is 23.6. The van der Waals surface area contributed by atoms with Crippen LogP contribution >= 0.6 is 0 Å². The highest BCUT2D eigenvalue weighted by atomic mass is 16.5. The van der Waals surface area contributed by atoms with Crippen molar-refractivity contribution in [1.29, 1.82) is 0 Å². The third kappa shape index (κ3) is 9.15. The molecule has 0 aliphatic heterocycles. The van der Waals surface area contributed by atoms with Gasteiger partial charge in [-0.25, -0.2) is 4.79 Å². The van der Waals surface area contributed by atoms with E-state index in [2.05, 4.69) is 21.3 Å². The molecule has 0 bridgehead atoms. The fourth-order valence-electron chi connectivity index (χ4n) is 2.22. The number of hydrogen-bond donors (Lipinski definition) is 5. The Bertz CT molecular complexity index is 800. The van der Waals surface area contributed by atoms with Crippen LogP contribution < -0.4 is 21.3 Å². The summed E-state index contributed by atoms with van der Waals surface area (Å²) in [5, 5.41) is 18.2. The van der Waals surface area contributed by atoms with E-state index in [-0.39, 0.29) is 6.61 Å². The van der Waals surface area contributed by atoms with Crippen LogP contribution in [0.2, 0.25) is 0 Å². The number of amides is 4. The Kier molecular flexibility index (Phi) is 9.96. The number of carboxylic acids is 1. The predicted molar refractivity (Wildman–Crippen MR) is 110 cm³/mol. The van der Waals surface area contributed by atoms with E-state index in [9.17, 15) is 24.0 Å². The molecule has 0 fully saturated rings. The van der Waals surface area contributed by atoms with Crippen molar-refractivity contribution in [2.45, 2.75) is 58.5 Å². The number of nitrogens with one attached hydrogen (secondary N) is 4. The van der Waals surface area contributed by atoms with Crippen molar-refractivity contribution in [1.82, 2.24) is 21.3 Å². The lowest BCUT2D eigenvalue weighted by molar-refractivity contribution is -0.141. The van der Waals surface area contributed by atoms with E-state index in [4.69, 9.17) is 9.84 Å². The minimum absolute atomic E-state index is 0.0419. The molecule has 11 heteroatoms. The molecule has 4 amide bonds. The molecule has 0 aliphatic carbocycles. The van der Waals surface area contributed by atoms with Gasteiger partial charge in [-0.05, 0) is 33.3 Å². The van der Waals surface area contributed by atoms with E-state index in [0.717, 1.165) is 5.56 Å². The summed E-state index contributed by atoms with van der Waals surface area (Å²) >= 11 is 0. The summed E-state index contributed by atoms with van der Waals surface area (Å²) in [5.74, 6) is -3.18. The van der Waals surface area contributed by atoms with Crippen LogP contribution in [0.5, 0.6) is 0 Å². The zero-order valence-electron chi connectivity index (χ0n) is 17.8. The summed E-state index contributed by atoms with van der Waals surface area (Å²) in [6.45, 7) is 5.53. The maximum atomic E-state index is 12.2. The summed E-state index contributed by atoms with van der Waals surface area (Å²) in [4.78, 5) is 58.9. The van der Waals surface area contributed by atoms with Crippen LogP contribution in [-0.4, -0.2) is 59.1 Å². The second-order valence-corrected chi connectivity index (χ2v) is 6.96. The predicted octanol–water partition coefficient (Wildman–Crippen LogP) is -0.1000. The Balaban J connectivity index is 2.43. The van der Waals surface area contributed by atoms with Crippen LogP contribution in [0.4, 0.5) is 4.79 Å². The normalized spacial score (nSPS) is 14.2. The maximum Gasteiger partial charge on any atom is 0.408 e. The Hall–Kier alpha value is -3.63. The average molecular weight is 436 g/mol. The number of hydrogen-bond acceptors (Lipinski definition) is 6. The van der Waals surface area contributed by atoms with Gasteiger partial charge in [0.05, 0.1) is 0 Å². The first-order chi connectivity index (χ1) is 14.5. The van der Waals surface area contributed by atoms with Crippen molar-refractivity contribution in [2.75, 3.05) is 0 Å². The number of alkyl carbamates (subject to hydrolysis) is 1. The first-order valence-corrected chi connectivity index (χ1v) is 9.62. The number of aliphatic carboxylic acids is 1. The number of benzene rings is 1. The van der Waals surface area contributed by atoms with Crippen molar-refractivity contribution < 1.29 is 33.8 Å². The molecule has 0 heterocycles. The fourth-order valence-corrected chi connectivity index (χ4v) is 2.22. The van der Waals surface area contributed by atoms with Gasteiger partial charge in [0.25, 0.3) is 0 Å². The molecule has 170 valence electrons. The summed E-state index contributed by atoms with van der Waals surface area (Å²) in [7, 11) is 0. The van der Waals surface area contributed by atoms with E-state index in [1.54, 1.807) is 24.3 Å². The molecule has 1 rings (SSSR count). The van der Waals surface area contributed by atoms with Crippen LogP contribution in [0.25, 0.3) is 0 Å². The molecule has 31 heavy (non-hydrogen) atoms. The third-order valence-corrected chi connectivity index (χ3v) is 4.17. The molecule has 0 saturated heterocycles. The Morgan fingerprint density at radius 2 is 1.16 bits per heavy atom. The van der Waals surface area contributed by atoms with Gasteiger partial charge >= 0.3 is 12.1 Å². The SMILES string of the molecule is CC(NC(=O)C(C)NC(=O)C(C)NC(=O)C(C)NC(=O)OCc1ccccc1)C(=O)O. The monoisotopic (exact) mass is 436 g/mol. The third-order valence-electron chi connectivity index (χ3n) is 4.17. The van der Waals surface area contributed by atoms with Crippen molar-refractivity contribution in [3.63, 3.8) is 0 Å². The van der Waals surface area contributed by atoms with Crippen molar-refractivity contribution >= 4 is 29.8 Å². The molecular formula is C20H28N4O7. The molecule has 0 radical (unpaired) electrons. The van der Waals surface area contributed by atoms with E-state index >= 15 is 0 Å². The van der Waals surface area contributed by atoms with Gasteiger partial charge in [0.2, 0.25) is 17.7 Å². The number of ether oxygens (including phenoxy) is 1. The lowest BCUT2D eigenvalue weighted by Crippen LogP contribution is -2.55. The highest BCUT2D eigenvalue weighted by molar-refractivity contribution is 5.94. The van der Waals surface area contributed by atoms with E-state index in [1.807, 2.05) is 6.07 Å². The molecule has 0 spiro atoms. The summed E-state index contributed by atoms with van der Waals surface area (Å²) in [6.07, 6.45) is -0.790. The van der Waals surface area contributed by atoms with Gasteiger partial charge < -0.3 is 31.1 Å². The second kappa shape index (κ2) is 12.2. The van der Waals surface area contributed by atoms with Crippen LogP contribution in [-0.2, 0) is 30.5 Å². The summed E-state index contributed by atoms with van der Waals surface area (Å²) < 4.78 is 5.03.